The van der Waals surface area contributed by atoms with Crippen LogP contribution in [0.1, 0.15) is 30.6 Å². The van der Waals surface area contributed by atoms with Crippen molar-refractivity contribution in [1.82, 2.24) is 10.3 Å². The number of amides is 1. The number of nitrogens with zero attached hydrogens (tertiary/aromatic N) is 1. The first-order chi connectivity index (χ1) is 12.6. The number of pyridine rings is 1. The lowest BCUT2D eigenvalue weighted by atomic mass is 9.97. The topological polar surface area (TPSA) is 68.3 Å². The molecule has 134 valence electrons. The zero-order valence-electron chi connectivity index (χ0n) is 15.2. The van der Waals surface area contributed by atoms with Crippen LogP contribution in [0.15, 0.2) is 48.5 Å². The first kappa shape index (κ1) is 17.9. The fourth-order valence-corrected chi connectivity index (χ4v) is 3.09. The van der Waals surface area contributed by atoms with Crippen LogP contribution in [0.5, 0.6) is 0 Å². The van der Waals surface area contributed by atoms with Crippen molar-refractivity contribution in [2.24, 2.45) is 5.92 Å². The van der Waals surface area contributed by atoms with E-state index in [0.717, 1.165) is 28.2 Å². The summed E-state index contributed by atoms with van der Waals surface area (Å²) in [6.07, 6.45) is 0.748. The standard InChI is InChI=1S/C21H22N2O3/c1-4-13(2)19(21(25)26-3)23-20(24)18-14-9-5-7-11-16(14)22-17-12-8-6-10-15(17)18/h5-13,19H,4H2,1-3H3,(H,23,24)/t13-,19-/m1/s1. The van der Waals surface area contributed by atoms with Crippen molar-refractivity contribution in [3.8, 4) is 0 Å². The second kappa shape index (κ2) is 7.52. The number of carbonyl (C=O) groups excluding carboxylic acids is 2. The molecule has 0 spiro atoms. The first-order valence-electron chi connectivity index (χ1n) is 8.73. The fourth-order valence-electron chi connectivity index (χ4n) is 3.09. The van der Waals surface area contributed by atoms with Crippen LogP contribution in [0.3, 0.4) is 0 Å². The first-order valence-corrected chi connectivity index (χ1v) is 8.73. The third-order valence-electron chi connectivity index (χ3n) is 4.77. The largest absolute Gasteiger partial charge is 0.467 e. The molecule has 0 unspecified atom stereocenters. The van der Waals surface area contributed by atoms with Gasteiger partial charge in [0, 0.05) is 10.8 Å². The van der Waals surface area contributed by atoms with Crippen molar-refractivity contribution in [2.75, 3.05) is 7.11 Å². The third-order valence-corrected chi connectivity index (χ3v) is 4.77. The van der Waals surface area contributed by atoms with Crippen molar-refractivity contribution >= 4 is 33.7 Å². The number of carbonyl (C=O) groups is 2. The number of para-hydroxylation sites is 2. The van der Waals surface area contributed by atoms with Gasteiger partial charge in [-0.3, -0.25) is 4.79 Å². The van der Waals surface area contributed by atoms with Crippen molar-refractivity contribution in [2.45, 2.75) is 26.3 Å². The molecule has 0 fully saturated rings. The molecule has 0 aliphatic heterocycles. The van der Waals surface area contributed by atoms with Gasteiger partial charge >= 0.3 is 5.97 Å². The van der Waals surface area contributed by atoms with Gasteiger partial charge in [-0.15, -0.1) is 0 Å². The molecule has 5 nitrogen and oxygen atoms in total. The maximum atomic E-state index is 13.2. The van der Waals surface area contributed by atoms with Crippen LogP contribution in [0.4, 0.5) is 0 Å². The number of rotatable bonds is 5. The highest BCUT2D eigenvalue weighted by atomic mass is 16.5. The van der Waals surface area contributed by atoms with Gasteiger partial charge in [-0.1, -0.05) is 56.7 Å². The van der Waals surface area contributed by atoms with Gasteiger partial charge in [0.15, 0.2) is 0 Å². The SMILES string of the molecule is CC[C@@H](C)[C@@H](NC(=O)c1c2ccccc2nc2ccccc12)C(=O)OC. The number of fused-ring (bicyclic) bond motifs is 2. The van der Waals surface area contributed by atoms with Crippen LogP contribution in [0.25, 0.3) is 21.8 Å². The van der Waals surface area contributed by atoms with Gasteiger partial charge in [0.2, 0.25) is 0 Å². The minimum atomic E-state index is -0.691. The molecule has 1 heterocycles. The molecule has 0 radical (unpaired) electrons. The van der Waals surface area contributed by atoms with Gasteiger partial charge in [0.05, 0.1) is 23.7 Å². The van der Waals surface area contributed by atoms with Crippen molar-refractivity contribution in [3.05, 3.63) is 54.1 Å². The second-order valence-corrected chi connectivity index (χ2v) is 6.38. The van der Waals surface area contributed by atoms with E-state index in [-0.39, 0.29) is 11.8 Å². The van der Waals surface area contributed by atoms with Gasteiger partial charge < -0.3 is 10.1 Å². The molecule has 3 rings (SSSR count). The number of benzene rings is 2. The Morgan fingerprint density at radius 2 is 1.58 bits per heavy atom. The Morgan fingerprint density at radius 1 is 1.04 bits per heavy atom. The minimum Gasteiger partial charge on any atom is -0.467 e. The van der Waals surface area contributed by atoms with Gasteiger partial charge in [-0.2, -0.15) is 0 Å². The molecule has 0 bridgehead atoms. The lowest BCUT2D eigenvalue weighted by Crippen LogP contribution is -2.45. The van der Waals surface area contributed by atoms with E-state index in [1.54, 1.807) is 0 Å². The van der Waals surface area contributed by atoms with Crippen LogP contribution in [-0.2, 0) is 9.53 Å². The molecule has 3 aromatic rings. The zero-order chi connectivity index (χ0) is 18.7. The average molecular weight is 350 g/mol. The van der Waals surface area contributed by atoms with Crippen LogP contribution in [0, 0.1) is 5.92 Å². The van der Waals surface area contributed by atoms with E-state index in [1.807, 2.05) is 62.4 Å². The summed E-state index contributed by atoms with van der Waals surface area (Å²) in [5.74, 6) is -0.767. The summed E-state index contributed by atoms with van der Waals surface area (Å²) in [7, 11) is 1.33. The summed E-state index contributed by atoms with van der Waals surface area (Å²) in [6.45, 7) is 3.90. The third kappa shape index (κ3) is 3.25. The van der Waals surface area contributed by atoms with Gasteiger partial charge in [0.25, 0.3) is 5.91 Å². The fraction of sp³-hybridized carbons (Fsp3) is 0.286. The maximum Gasteiger partial charge on any atom is 0.328 e. The minimum absolute atomic E-state index is 0.0363. The predicted octanol–water partition coefficient (Wildman–Crippen LogP) is 3.71. The molecule has 26 heavy (non-hydrogen) atoms. The summed E-state index contributed by atoms with van der Waals surface area (Å²) >= 11 is 0. The molecular formula is C21H22N2O3. The molecule has 1 amide bonds. The number of hydrogen-bond acceptors (Lipinski definition) is 4. The molecule has 0 saturated heterocycles. The van der Waals surface area contributed by atoms with E-state index in [9.17, 15) is 9.59 Å². The van der Waals surface area contributed by atoms with E-state index < -0.39 is 12.0 Å². The Bertz CT molecular complexity index is 914. The maximum absolute atomic E-state index is 13.2. The van der Waals surface area contributed by atoms with E-state index in [4.69, 9.17) is 4.74 Å². The van der Waals surface area contributed by atoms with Crippen molar-refractivity contribution in [1.29, 1.82) is 0 Å². The van der Waals surface area contributed by atoms with E-state index in [0.29, 0.717) is 5.56 Å². The smallest absolute Gasteiger partial charge is 0.328 e. The van der Waals surface area contributed by atoms with Crippen LogP contribution in [0.2, 0.25) is 0 Å². The predicted molar refractivity (Wildman–Crippen MR) is 102 cm³/mol. The van der Waals surface area contributed by atoms with E-state index >= 15 is 0 Å². The van der Waals surface area contributed by atoms with Crippen molar-refractivity contribution in [3.63, 3.8) is 0 Å². The lowest BCUT2D eigenvalue weighted by Gasteiger charge is -2.22. The Balaban J connectivity index is 2.13. The number of nitrogens with one attached hydrogen (secondary N) is 1. The number of aromatic nitrogens is 1. The number of hydrogen-bond donors (Lipinski definition) is 1. The Kier molecular flexibility index (Phi) is 5.16. The summed E-state index contributed by atoms with van der Waals surface area (Å²) < 4.78 is 4.88. The molecule has 1 N–H and O–H groups in total. The molecule has 0 saturated carbocycles. The van der Waals surface area contributed by atoms with E-state index in [2.05, 4.69) is 10.3 Å². The molecule has 2 atom stereocenters. The molecular weight excluding hydrogens is 328 g/mol. The second-order valence-electron chi connectivity index (χ2n) is 6.38. The number of ether oxygens (including phenoxy) is 1. The summed E-state index contributed by atoms with van der Waals surface area (Å²) in [6, 6.07) is 14.4. The lowest BCUT2D eigenvalue weighted by molar-refractivity contribution is -0.144. The Morgan fingerprint density at radius 3 is 2.08 bits per heavy atom. The van der Waals surface area contributed by atoms with Gasteiger partial charge in [-0.25, -0.2) is 9.78 Å². The monoisotopic (exact) mass is 350 g/mol. The number of esters is 1. The summed E-state index contributed by atoms with van der Waals surface area (Å²) in [5.41, 5.74) is 2.02. The Hall–Kier alpha value is -2.95. The normalized spacial score (nSPS) is 13.3. The van der Waals surface area contributed by atoms with Crippen LogP contribution >= 0.6 is 0 Å². The molecule has 0 aliphatic rings. The van der Waals surface area contributed by atoms with Crippen molar-refractivity contribution < 1.29 is 14.3 Å². The van der Waals surface area contributed by atoms with Gasteiger partial charge in [-0.05, 0) is 18.1 Å². The Labute approximate surface area is 152 Å². The zero-order valence-corrected chi connectivity index (χ0v) is 15.2. The molecule has 0 aliphatic carbocycles. The van der Waals surface area contributed by atoms with Gasteiger partial charge in [0.1, 0.15) is 6.04 Å². The van der Waals surface area contributed by atoms with Crippen LogP contribution in [-0.4, -0.2) is 30.0 Å². The van der Waals surface area contributed by atoms with E-state index in [1.165, 1.54) is 7.11 Å². The number of methoxy groups -OCH3 is 1. The molecule has 5 heteroatoms. The summed E-state index contributed by atoms with van der Waals surface area (Å²) in [4.78, 5) is 30.0. The average Bonchev–Trinajstić information content (AvgIpc) is 2.68. The quantitative estimate of drug-likeness (QED) is 0.563. The van der Waals surface area contributed by atoms with Crippen LogP contribution < -0.4 is 5.32 Å². The summed E-state index contributed by atoms with van der Waals surface area (Å²) in [5, 5.41) is 4.40. The molecule has 2 aromatic carbocycles. The molecule has 1 aromatic heterocycles. The highest BCUT2D eigenvalue weighted by Gasteiger charge is 2.28. The highest BCUT2D eigenvalue weighted by molar-refractivity contribution is 6.16. The highest BCUT2D eigenvalue weighted by Crippen LogP contribution is 2.26.